The largest absolute Gasteiger partial charge is 0.455 e. The van der Waals surface area contributed by atoms with E-state index in [1.54, 1.807) is 0 Å². The number of para-hydroxylation sites is 1. The molecule has 0 amide bonds. The van der Waals surface area contributed by atoms with E-state index in [4.69, 9.17) is 4.42 Å². The SMILES string of the molecule is Cc1ccc2[n+](c1)Cc1ccc3c(oc4c(CC(C)C)cccc43)c1-c1cccc[n+]1C/C=C/c1ccccc1-2. The highest BCUT2D eigenvalue weighted by Crippen LogP contribution is 2.39. The molecule has 1 aliphatic rings. The Morgan fingerprint density at radius 2 is 1.62 bits per heavy atom. The summed E-state index contributed by atoms with van der Waals surface area (Å²) in [5.41, 5.74) is 11.8. The van der Waals surface area contributed by atoms with Gasteiger partial charge < -0.3 is 4.42 Å². The molecule has 196 valence electrons. The summed E-state index contributed by atoms with van der Waals surface area (Å²) in [6.07, 6.45) is 9.97. The van der Waals surface area contributed by atoms with Crippen LogP contribution in [0.15, 0.2) is 108 Å². The van der Waals surface area contributed by atoms with E-state index < -0.39 is 0 Å². The van der Waals surface area contributed by atoms with Crippen molar-refractivity contribution in [2.24, 2.45) is 5.92 Å². The number of benzene rings is 3. The maximum atomic E-state index is 6.89. The van der Waals surface area contributed by atoms with Crippen LogP contribution >= 0.6 is 0 Å². The highest BCUT2D eigenvalue weighted by atomic mass is 16.3. The number of furan rings is 1. The molecule has 0 bridgehead atoms. The van der Waals surface area contributed by atoms with Gasteiger partial charge >= 0.3 is 0 Å². The van der Waals surface area contributed by atoms with Crippen LogP contribution in [-0.2, 0) is 19.5 Å². The molecule has 7 rings (SSSR count). The van der Waals surface area contributed by atoms with Crippen molar-refractivity contribution in [2.45, 2.75) is 40.3 Å². The molecule has 3 heteroatoms. The summed E-state index contributed by atoms with van der Waals surface area (Å²) in [4.78, 5) is 0. The standard InChI is InChI=1S/C37H34N2O/c1-25(2)22-28-11-8-14-31-32-18-17-29-24-39-23-26(3)16-19-33(39)30-13-5-4-10-27(30)12-9-21-38-20-7-6-15-34(38)35(29)37(32)40-36(28)31/h4-20,23,25H,21-22,24H2,1-3H3/q+2/b12-9+. The van der Waals surface area contributed by atoms with Gasteiger partial charge in [0.05, 0.1) is 11.1 Å². The predicted molar refractivity (Wildman–Crippen MR) is 163 cm³/mol. The Morgan fingerprint density at radius 3 is 2.52 bits per heavy atom. The molecule has 0 fully saturated rings. The van der Waals surface area contributed by atoms with Gasteiger partial charge in [0.1, 0.15) is 11.2 Å². The van der Waals surface area contributed by atoms with Gasteiger partial charge in [0.2, 0.25) is 11.4 Å². The van der Waals surface area contributed by atoms with E-state index >= 15 is 0 Å². The molecule has 0 radical (unpaired) electrons. The molecule has 3 nitrogen and oxygen atoms in total. The quantitative estimate of drug-likeness (QED) is 0.211. The minimum atomic E-state index is 0.557. The Balaban J connectivity index is 1.55. The summed E-state index contributed by atoms with van der Waals surface area (Å²) in [5, 5.41) is 2.37. The lowest BCUT2D eigenvalue weighted by Gasteiger charge is -2.12. The Kier molecular flexibility index (Phi) is 6.08. The van der Waals surface area contributed by atoms with Crippen molar-refractivity contribution in [3.8, 4) is 22.5 Å². The van der Waals surface area contributed by atoms with Crippen LogP contribution in [0, 0.1) is 12.8 Å². The van der Waals surface area contributed by atoms with Gasteiger partial charge in [-0.2, -0.15) is 9.13 Å². The third kappa shape index (κ3) is 4.23. The first kappa shape index (κ1) is 24.5. The van der Waals surface area contributed by atoms with Crippen molar-refractivity contribution in [1.29, 1.82) is 0 Å². The highest BCUT2D eigenvalue weighted by Gasteiger charge is 2.27. The smallest absolute Gasteiger partial charge is 0.217 e. The van der Waals surface area contributed by atoms with Crippen molar-refractivity contribution < 1.29 is 13.6 Å². The predicted octanol–water partition coefficient (Wildman–Crippen LogP) is 8.08. The van der Waals surface area contributed by atoms with E-state index in [0.29, 0.717) is 5.92 Å². The third-order valence-electron chi connectivity index (χ3n) is 8.01. The number of aryl methyl sites for hydroxylation is 1. The molecule has 0 saturated carbocycles. The van der Waals surface area contributed by atoms with Crippen molar-refractivity contribution >= 4 is 28.0 Å². The molecule has 0 N–H and O–H groups in total. The van der Waals surface area contributed by atoms with Gasteiger partial charge in [0.15, 0.2) is 25.5 Å². The second-order valence-electron chi connectivity index (χ2n) is 11.4. The average Bonchev–Trinajstić information content (AvgIpc) is 3.33. The van der Waals surface area contributed by atoms with Gasteiger partial charge in [-0.3, -0.25) is 0 Å². The second kappa shape index (κ2) is 9.91. The van der Waals surface area contributed by atoms with Gasteiger partial charge in [-0.05, 0) is 60.7 Å². The fourth-order valence-corrected chi connectivity index (χ4v) is 6.23. The molecule has 0 saturated heterocycles. The second-order valence-corrected chi connectivity index (χ2v) is 11.4. The average molecular weight is 523 g/mol. The first-order valence-electron chi connectivity index (χ1n) is 14.3. The van der Waals surface area contributed by atoms with E-state index in [1.807, 2.05) is 0 Å². The Hall–Kier alpha value is -4.50. The maximum absolute atomic E-state index is 6.89. The zero-order chi connectivity index (χ0) is 27.2. The summed E-state index contributed by atoms with van der Waals surface area (Å²) >= 11 is 0. The molecule has 0 aliphatic carbocycles. The molecule has 0 unspecified atom stereocenters. The van der Waals surface area contributed by atoms with E-state index in [1.165, 1.54) is 55.5 Å². The first-order chi connectivity index (χ1) is 19.6. The fraction of sp³-hybridized carbons (Fsp3) is 0.189. The van der Waals surface area contributed by atoms with Crippen LogP contribution in [-0.4, -0.2) is 0 Å². The lowest BCUT2D eigenvalue weighted by Crippen LogP contribution is -2.39. The lowest BCUT2D eigenvalue weighted by atomic mass is 9.97. The van der Waals surface area contributed by atoms with Gasteiger partial charge in [-0.25, -0.2) is 0 Å². The van der Waals surface area contributed by atoms with Crippen LogP contribution in [0.5, 0.6) is 0 Å². The normalized spacial score (nSPS) is 13.7. The molecule has 4 heterocycles. The topological polar surface area (TPSA) is 20.9 Å². The van der Waals surface area contributed by atoms with Crippen LogP contribution in [0.2, 0.25) is 0 Å². The van der Waals surface area contributed by atoms with Crippen molar-refractivity contribution in [3.05, 3.63) is 126 Å². The number of aromatic nitrogens is 2. The van der Waals surface area contributed by atoms with Gasteiger partial charge in [-0.15, -0.1) is 0 Å². The summed E-state index contributed by atoms with van der Waals surface area (Å²) in [5.74, 6) is 0.557. The minimum Gasteiger partial charge on any atom is -0.455 e. The zero-order valence-corrected chi connectivity index (χ0v) is 23.4. The summed E-state index contributed by atoms with van der Waals surface area (Å²) in [6, 6.07) is 30.8. The van der Waals surface area contributed by atoms with E-state index in [2.05, 4.69) is 139 Å². The number of hydrogen-bond donors (Lipinski definition) is 0. The van der Waals surface area contributed by atoms with Gasteiger partial charge in [0, 0.05) is 40.1 Å². The monoisotopic (exact) mass is 522 g/mol. The molecule has 40 heavy (non-hydrogen) atoms. The number of allylic oxidation sites excluding steroid dienone is 1. The highest BCUT2D eigenvalue weighted by molar-refractivity contribution is 6.10. The molecule has 3 aromatic carbocycles. The van der Waals surface area contributed by atoms with Gasteiger partial charge in [0.25, 0.3) is 0 Å². The molecule has 6 aromatic rings. The summed E-state index contributed by atoms with van der Waals surface area (Å²) in [7, 11) is 0. The molecular weight excluding hydrogens is 488 g/mol. The van der Waals surface area contributed by atoms with Crippen LogP contribution in [0.25, 0.3) is 50.5 Å². The van der Waals surface area contributed by atoms with E-state index in [0.717, 1.165) is 30.7 Å². The molecule has 3 aromatic heterocycles. The first-order valence-corrected chi connectivity index (χ1v) is 14.3. The molecule has 1 aliphatic heterocycles. The summed E-state index contributed by atoms with van der Waals surface area (Å²) in [6.45, 7) is 8.21. The van der Waals surface area contributed by atoms with E-state index in [-0.39, 0.29) is 0 Å². The van der Waals surface area contributed by atoms with Crippen molar-refractivity contribution in [2.75, 3.05) is 0 Å². The van der Waals surface area contributed by atoms with Crippen LogP contribution in [0.3, 0.4) is 0 Å². The fourth-order valence-electron chi connectivity index (χ4n) is 6.23. The number of rotatable bonds is 2. The maximum Gasteiger partial charge on any atom is 0.217 e. The number of fused-ring (bicyclic) bond motifs is 10. The minimum absolute atomic E-state index is 0.557. The Bertz CT molecular complexity index is 1920. The Labute approximate surface area is 235 Å². The summed E-state index contributed by atoms with van der Waals surface area (Å²) < 4.78 is 11.6. The van der Waals surface area contributed by atoms with Crippen LogP contribution in [0.1, 0.15) is 36.1 Å². The number of hydrogen-bond acceptors (Lipinski definition) is 1. The van der Waals surface area contributed by atoms with Crippen LogP contribution in [0.4, 0.5) is 0 Å². The zero-order valence-electron chi connectivity index (χ0n) is 23.4. The Morgan fingerprint density at radius 1 is 0.775 bits per heavy atom. The molecular formula is C37H34N2O+2. The third-order valence-corrected chi connectivity index (χ3v) is 8.01. The van der Waals surface area contributed by atoms with Crippen molar-refractivity contribution in [3.63, 3.8) is 0 Å². The van der Waals surface area contributed by atoms with Crippen LogP contribution < -0.4 is 9.13 Å². The number of pyridine rings is 2. The van der Waals surface area contributed by atoms with E-state index in [9.17, 15) is 0 Å². The lowest BCUT2D eigenvalue weighted by molar-refractivity contribution is -0.679. The van der Waals surface area contributed by atoms with Crippen molar-refractivity contribution in [1.82, 2.24) is 0 Å². The molecule has 0 spiro atoms. The molecule has 0 atom stereocenters. The number of nitrogens with zero attached hydrogens (tertiary/aromatic N) is 2. The van der Waals surface area contributed by atoms with Gasteiger partial charge in [-0.1, -0.05) is 62.4 Å².